The molecule has 2 aromatic carbocycles. The number of amides is 1. The fourth-order valence-electron chi connectivity index (χ4n) is 2.65. The molecule has 0 unspecified atom stereocenters. The average molecular weight is 398 g/mol. The van der Waals surface area contributed by atoms with E-state index in [4.69, 9.17) is 26.8 Å². The number of anilines is 1. The quantitative estimate of drug-likeness (QED) is 0.548. The third-order valence-corrected chi connectivity index (χ3v) is 4.14. The highest BCUT2D eigenvalue weighted by atomic mass is 32.1. The zero-order chi connectivity index (χ0) is 20.1. The lowest BCUT2D eigenvalue weighted by molar-refractivity contribution is -0.139. The molecule has 1 fully saturated rings. The Balaban J connectivity index is 1.84. The number of ether oxygens (including phenoxy) is 2. The Hall–Kier alpha value is -3.39. The molecular weight excluding hydrogens is 380 g/mol. The minimum atomic E-state index is -1.08. The van der Waals surface area contributed by atoms with Gasteiger partial charge in [0, 0.05) is 5.56 Å². The number of para-hydroxylation sites is 1. The van der Waals surface area contributed by atoms with E-state index in [0.29, 0.717) is 29.4 Å². The summed E-state index contributed by atoms with van der Waals surface area (Å²) in [5.41, 5.74) is 1.45. The summed E-state index contributed by atoms with van der Waals surface area (Å²) in [7, 11) is 0. The number of aliphatic carboxylic acids is 1. The van der Waals surface area contributed by atoms with Crippen molar-refractivity contribution >= 4 is 41.0 Å². The molecule has 0 radical (unpaired) electrons. The first-order chi connectivity index (χ1) is 13.5. The summed E-state index contributed by atoms with van der Waals surface area (Å²) in [6.45, 7) is 1.97. The summed E-state index contributed by atoms with van der Waals surface area (Å²) >= 11 is 5.31. The second-order valence-corrected chi connectivity index (χ2v) is 6.16. The van der Waals surface area contributed by atoms with Gasteiger partial charge in [-0.25, -0.2) is 4.79 Å². The number of nitrogens with zero attached hydrogens (tertiary/aromatic N) is 1. The molecule has 7 nitrogen and oxygen atoms in total. The normalized spacial score (nSPS) is 14.9. The zero-order valence-electron chi connectivity index (χ0n) is 15.0. The van der Waals surface area contributed by atoms with Crippen LogP contribution in [0.1, 0.15) is 12.5 Å². The molecule has 1 saturated heterocycles. The van der Waals surface area contributed by atoms with Crippen LogP contribution in [0.5, 0.6) is 11.5 Å². The van der Waals surface area contributed by atoms with Crippen molar-refractivity contribution in [2.45, 2.75) is 6.92 Å². The first-order valence-corrected chi connectivity index (χ1v) is 8.94. The predicted molar refractivity (Wildman–Crippen MR) is 108 cm³/mol. The van der Waals surface area contributed by atoms with Gasteiger partial charge >= 0.3 is 5.97 Å². The van der Waals surface area contributed by atoms with Crippen LogP contribution in [-0.2, 0) is 9.59 Å². The lowest BCUT2D eigenvalue weighted by atomic mass is 10.1. The molecule has 3 rings (SSSR count). The van der Waals surface area contributed by atoms with Crippen molar-refractivity contribution in [1.29, 1.82) is 0 Å². The molecule has 0 bridgehead atoms. The van der Waals surface area contributed by atoms with E-state index in [9.17, 15) is 9.59 Å². The van der Waals surface area contributed by atoms with Gasteiger partial charge in [0.2, 0.25) is 0 Å². The van der Waals surface area contributed by atoms with E-state index in [-0.39, 0.29) is 16.7 Å². The number of hydrogen-bond acceptors (Lipinski definition) is 5. The number of carboxylic acid groups (broad SMARTS) is 1. The van der Waals surface area contributed by atoms with E-state index >= 15 is 0 Å². The molecule has 1 aliphatic rings. The van der Waals surface area contributed by atoms with Gasteiger partial charge in [-0.15, -0.1) is 0 Å². The number of carbonyl (C=O) groups is 2. The van der Waals surface area contributed by atoms with Crippen molar-refractivity contribution in [3.63, 3.8) is 0 Å². The summed E-state index contributed by atoms with van der Waals surface area (Å²) in [6, 6.07) is 13.9. The van der Waals surface area contributed by atoms with Gasteiger partial charge in [0.15, 0.2) is 11.7 Å². The number of hydrogen-bond donors (Lipinski definition) is 2. The number of rotatable bonds is 7. The van der Waals surface area contributed by atoms with Crippen LogP contribution < -0.4 is 19.7 Å². The van der Waals surface area contributed by atoms with Crippen molar-refractivity contribution in [3.8, 4) is 11.5 Å². The van der Waals surface area contributed by atoms with E-state index in [1.54, 1.807) is 54.6 Å². The lowest BCUT2D eigenvalue weighted by Crippen LogP contribution is -2.30. The molecule has 0 aromatic heterocycles. The van der Waals surface area contributed by atoms with Crippen LogP contribution in [0.2, 0.25) is 0 Å². The zero-order valence-corrected chi connectivity index (χ0v) is 15.9. The van der Waals surface area contributed by atoms with Gasteiger partial charge in [-0.05, 0) is 55.5 Å². The van der Waals surface area contributed by atoms with E-state index in [1.807, 2.05) is 6.92 Å². The van der Waals surface area contributed by atoms with Gasteiger partial charge in [0.1, 0.15) is 17.2 Å². The Morgan fingerprint density at radius 1 is 1.18 bits per heavy atom. The number of carbonyl (C=O) groups excluding carboxylic acids is 1. The Morgan fingerprint density at radius 3 is 2.57 bits per heavy atom. The maximum absolute atomic E-state index is 12.9. The Bertz CT molecular complexity index is 940. The van der Waals surface area contributed by atoms with E-state index in [1.165, 1.54) is 4.90 Å². The van der Waals surface area contributed by atoms with Gasteiger partial charge in [0.05, 0.1) is 12.3 Å². The molecule has 0 atom stereocenters. The lowest BCUT2D eigenvalue weighted by Gasteiger charge is -2.14. The largest absolute Gasteiger partial charge is 0.494 e. The minimum absolute atomic E-state index is 0.254. The van der Waals surface area contributed by atoms with Crippen LogP contribution in [0.4, 0.5) is 5.69 Å². The third-order valence-electron chi connectivity index (χ3n) is 3.85. The van der Waals surface area contributed by atoms with Crippen molar-refractivity contribution in [2.24, 2.45) is 0 Å². The number of benzene rings is 2. The third kappa shape index (κ3) is 4.29. The maximum atomic E-state index is 12.9. The average Bonchev–Trinajstić information content (AvgIpc) is 2.95. The molecule has 0 aliphatic carbocycles. The monoisotopic (exact) mass is 398 g/mol. The smallest absolute Gasteiger partial charge is 0.341 e. The standard InChI is InChI=1S/C20H18N2O5S/c1-2-26-15-9-7-14(8-10-15)22-19(25)16(21-20(22)28)11-13-5-3-4-6-17(13)27-12-18(23)24/h3-11H,2,12H2,1H3,(H,21,28)(H,23,24)/b16-11-. The van der Waals surface area contributed by atoms with Crippen molar-refractivity contribution in [2.75, 3.05) is 18.1 Å². The van der Waals surface area contributed by atoms with Crippen LogP contribution in [-0.4, -0.2) is 35.3 Å². The summed E-state index contributed by atoms with van der Waals surface area (Å²) in [5.74, 6) is -0.336. The molecule has 1 heterocycles. The van der Waals surface area contributed by atoms with Crippen LogP contribution in [0, 0.1) is 0 Å². The van der Waals surface area contributed by atoms with Gasteiger partial charge in [0.25, 0.3) is 5.91 Å². The van der Waals surface area contributed by atoms with Crippen LogP contribution in [0.15, 0.2) is 54.2 Å². The van der Waals surface area contributed by atoms with Gasteiger partial charge in [-0.2, -0.15) is 0 Å². The van der Waals surface area contributed by atoms with Crippen LogP contribution >= 0.6 is 12.2 Å². The minimum Gasteiger partial charge on any atom is -0.494 e. The first-order valence-electron chi connectivity index (χ1n) is 8.53. The highest BCUT2D eigenvalue weighted by molar-refractivity contribution is 7.80. The Labute approximate surface area is 167 Å². The van der Waals surface area contributed by atoms with Gasteiger partial charge in [-0.1, -0.05) is 18.2 Å². The van der Waals surface area contributed by atoms with Crippen LogP contribution in [0.3, 0.4) is 0 Å². The number of nitrogens with one attached hydrogen (secondary N) is 1. The van der Waals surface area contributed by atoms with E-state index < -0.39 is 12.6 Å². The first kappa shape index (κ1) is 19.4. The predicted octanol–water partition coefficient (Wildman–Crippen LogP) is 2.81. The molecule has 1 aliphatic heterocycles. The molecule has 8 heteroatoms. The topological polar surface area (TPSA) is 88.1 Å². The highest BCUT2D eigenvalue weighted by Crippen LogP contribution is 2.27. The van der Waals surface area contributed by atoms with E-state index in [2.05, 4.69) is 5.32 Å². The molecule has 2 N–H and O–H groups in total. The molecule has 28 heavy (non-hydrogen) atoms. The molecule has 0 saturated carbocycles. The second kappa shape index (κ2) is 8.53. The fourth-order valence-corrected chi connectivity index (χ4v) is 2.95. The van der Waals surface area contributed by atoms with Crippen LogP contribution in [0.25, 0.3) is 6.08 Å². The fraction of sp³-hybridized carbons (Fsp3) is 0.150. The molecular formula is C20H18N2O5S. The van der Waals surface area contributed by atoms with E-state index in [0.717, 1.165) is 0 Å². The van der Waals surface area contributed by atoms with Gasteiger partial charge < -0.3 is 19.9 Å². The van der Waals surface area contributed by atoms with Crippen molar-refractivity contribution < 1.29 is 24.2 Å². The molecule has 144 valence electrons. The number of thiocarbonyl (C=S) groups is 1. The van der Waals surface area contributed by atoms with Crippen molar-refractivity contribution in [1.82, 2.24) is 5.32 Å². The molecule has 0 spiro atoms. The summed E-state index contributed by atoms with van der Waals surface area (Å²) in [6.07, 6.45) is 1.58. The Morgan fingerprint density at radius 2 is 1.89 bits per heavy atom. The molecule has 1 amide bonds. The molecule has 2 aromatic rings. The Kier molecular flexibility index (Phi) is 5.90. The number of carboxylic acids is 1. The second-order valence-electron chi connectivity index (χ2n) is 5.78. The summed E-state index contributed by atoms with van der Waals surface area (Å²) < 4.78 is 10.7. The maximum Gasteiger partial charge on any atom is 0.341 e. The summed E-state index contributed by atoms with van der Waals surface area (Å²) in [4.78, 5) is 25.0. The summed E-state index contributed by atoms with van der Waals surface area (Å²) in [5, 5.41) is 12.0. The van der Waals surface area contributed by atoms with Gasteiger partial charge in [-0.3, -0.25) is 9.69 Å². The van der Waals surface area contributed by atoms with Crippen molar-refractivity contribution in [3.05, 3.63) is 59.8 Å². The SMILES string of the molecule is CCOc1ccc(N2C(=O)/C(=C/c3ccccc3OCC(=O)O)NC2=S)cc1. The highest BCUT2D eigenvalue weighted by Gasteiger charge is 2.32.